The van der Waals surface area contributed by atoms with Crippen LogP contribution in [0, 0.1) is 18.8 Å². The first-order valence-electron chi connectivity index (χ1n) is 7.10. The summed E-state index contributed by atoms with van der Waals surface area (Å²) in [5, 5.41) is 2.97. The van der Waals surface area contributed by atoms with Crippen LogP contribution in [0.1, 0.15) is 31.8 Å². The summed E-state index contributed by atoms with van der Waals surface area (Å²) < 4.78 is 32.5. The van der Waals surface area contributed by atoms with Crippen LogP contribution in [-0.2, 0) is 16.6 Å². The Hall–Kier alpha value is -0.850. The second kappa shape index (κ2) is 5.87. The van der Waals surface area contributed by atoms with Crippen molar-refractivity contribution in [3.8, 4) is 0 Å². The lowest BCUT2D eigenvalue weighted by atomic mass is 9.96. The summed E-state index contributed by atoms with van der Waals surface area (Å²) in [5.74, 6) is 2.10. The Balaban J connectivity index is 2.23. The van der Waals surface area contributed by atoms with Gasteiger partial charge in [0.15, 0.2) is 0 Å². The van der Waals surface area contributed by atoms with Crippen molar-refractivity contribution in [2.24, 2.45) is 11.8 Å². The number of rotatable bonds is 5. The van der Waals surface area contributed by atoms with Crippen molar-refractivity contribution in [3.63, 3.8) is 0 Å². The summed E-state index contributed by atoms with van der Waals surface area (Å²) >= 11 is 0. The van der Waals surface area contributed by atoms with Gasteiger partial charge in [0.05, 0.1) is 6.54 Å². The van der Waals surface area contributed by atoms with Crippen molar-refractivity contribution in [1.82, 2.24) is 9.62 Å². The molecule has 2 rings (SSSR count). The Kier molecular flexibility index (Phi) is 4.56. The molecule has 0 aliphatic carbocycles. The van der Waals surface area contributed by atoms with E-state index in [0.717, 1.165) is 6.42 Å². The average molecular weight is 300 g/mol. The number of furan rings is 1. The highest BCUT2D eigenvalue weighted by atomic mass is 32.2. The Bertz CT molecular complexity index is 563. The molecule has 1 N–H and O–H groups in total. The Morgan fingerprint density at radius 1 is 1.50 bits per heavy atom. The number of hydrogen-bond acceptors (Lipinski definition) is 4. The van der Waals surface area contributed by atoms with E-state index in [-0.39, 0.29) is 0 Å². The minimum absolute atomic E-state index is 0.312. The average Bonchev–Trinajstić information content (AvgIpc) is 2.96. The van der Waals surface area contributed by atoms with E-state index in [1.807, 2.05) is 0 Å². The van der Waals surface area contributed by atoms with E-state index in [0.29, 0.717) is 47.9 Å². The van der Waals surface area contributed by atoms with Gasteiger partial charge in [0.25, 0.3) is 0 Å². The maximum absolute atomic E-state index is 12.7. The highest BCUT2D eigenvalue weighted by Crippen LogP contribution is 2.30. The third-order valence-electron chi connectivity index (χ3n) is 4.02. The second-order valence-corrected chi connectivity index (χ2v) is 7.73. The minimum atomic E-state index is -3.42. The summed E-state index contributed by atoms with van der Waals surface area (Å²) in [6, 6.07) is 1.64. The van der Waals surface area contributed by atoms with Crippen LogP contribution in [0.5, 0.6) is 0 Å². The second-order valence-electron chi connectivity index (χ2n) is 5.82. The topological polar surface area (TPSA) is 62.6 Å². The third-order valence-corrected chi connectivity index (χ3v) is 5.99. The van der Waals surface area contributed by atoms with Crippen molar-refractivity contribution >= 4 is 10.0 Å². The molecule has 1 aromatic rings. The lowest BCUT2D eigenvalue weighted by molar-refractivity contribution is 0.388. The van der Waals surface area contributed by atoms with Crippen molar-refractivity contribution in [2.45, 2.75) is 38.6 Å². The van der Waals surface area contributed by atoms with E-state index in [1.54, 1.807) is 24.3 Å². The minimum Gasteiger partial charge on any atom is -0.464 e. The summed E-state index contributed by atoms with van der Waals surface area (Å²) in [7, 11) is -1.62. The van der Waals surface area contributed by atoms with Crippen LogP contribution in [-0.4, -0.2) is 32.9 Å². The molecule has 1 atom stereocenters. The standard InChI is InChI=1S/C14H24N2O3S/c1-10(2)12-5-6-16(9-12)20(17,18)14-7-13(8-15-4)19-11(14)3/h7,10,12,15H,5-6,8-9H2,1-4H3. The normalized spacial score (nSPS) is 20.9. The zero-order valence-corrected chi connectivity index (χ0v) is 13.5. The van der Waals surface area contributed by atoms with Gasteiger partial charge in [0.1, 0.15) is 16.4 Å². The predicted octanol–water partition coefficient (Wildman–Crippen LogP) is 1.97. The van der Waals surface area contributed by atoms with E-state index >= 15 is 0 Å². The molecule has 114 valence electrons. The van der Waals surface area contributed by atoms with E-state index in [2.05, 4.69) is 19.2 Å². The molecule has 1 unspecified atom stereocenters. The molecule has 0 spiro atoms. The first-order chi connectivity index (χ1) is 9.36. The van der Waals surface area contributed by atoms with Gasteiger partial charge in [-0.3, -0.25) is 0 Å². The van der Waals surface area contributed by atoms with Crippen molar-refractivity contribution in [3.05, 3.63) is 17.6 Å². The van der Waals surface area contributed by atoms with Crippen LogP contribution < -0.4 is 5.32 Å². The molecule has 6 heteroatoms. The largest absolute Gasteiger partial charge is 0.464 e. The van der Waals surface area contributed by atoms with E-state index in [4.69, 9.17) is 4.42 Å². The molecule has 0 bridgehead atoms. The van der Waals surface area contributed by atoms with Crippen LogP contribution in [0.2, 0.25) is 0 Å². The molecule has 0 aromatic carbocycles. The van der Waals surface area contributed by atoms with Gasteiger partial charge in [-0.1, -0.05) is 13.8 Å². The van der Waals surface area contributed by atoms with Crippen LogP contribution in [0.15, 0.2) is 15.4 Å². The molecular formula is C14H24N2O3S. The zero-order chi connectivity index (χ0) is 14.9. The first kappa shape index (κ1) is 15.5. The smallest absolute Gasteiger partial charge is 0.246 e. The van der Waals surface area contributed by atoms with Gasteiger partial charge < -0.3 is 9.73 Å². The number of nitrogens with zero attached hydrogens (tertiary/aromatic N) is 1. The van der Waals surface area contributed by atoms with Crippen LogP contribution >= 0.6 is 0 Å². The maximum atomic E-state index is 12.7. The SMILES string of the molecule is CNCc1cc(S(=O)(=O)N2CCC(C(C)C)C2)c(C)o1. The monoisotopic (exact) mass is 300 g/mol. The lowest BCUT2D eigenvalue weighted by Crippen LogP contribution is -2.29. The van der Waals surface area contributed by atoms with Gasteiger partial charge in [0, 0.05) is 19.2 Å². The fourth-order valence-corrected chi connectivity index (χ4v) is 4.39. The van der Waals surface area contributed by atoms with E-state index in [1.165, 1.54) is 0 Å². The molecule has 0 saturated carbocycles. The van der Waals surface area contributed by atoms with Crippen molar-refractivity contribution in [1.29, 1.82) is 0 Å². The zero-order valence-electron chi connectivity index (χ0n) is 12.6. The highest BCUT2D eigenvalue weighted by Gasteiger charge is 2.35. The first-order valence-corrected chi connectivity index (χ1v) is 8.54. The molecule has 5 nitrogen and oxygen atoms in total. The Morgan fingerprint density at radius 3 is 2.75 bits per heavy atom. The molecule has 20 heavy (non-hydrogen) atoms. The molecule has 0 radical (unpaired) electrons. The molecule has 1 fully saturated rings. The highest BCUT2D eigenvalue weighted by molar-refractivity contribution is 7.89. The molecule has 1 aliphatic heterocycles. The van der Waals surface area contributed by atoms with Gasteiger partial charge in [-0.2, -0.15) is 4.31 Å². The van der Waals surface area contributed by atoms with Crippen molar-refractivity contribution in [2.75, 3.05) is 20.1 Å². The van der Waals surface area contributed by atoms with Crippen LogP contribution in [0.25, 0.3) is 0 Å². The molecule has 1 saturated heterocycles. The Morgan fingerprint density at radius 2 is 2.20 bits per heavy atom. The van der Waals surface area contributed by atoms with Crippen LogP contribution in [0.4, 0.5) is 0 Å². The van der Waals surface area contributed by atoms with Crippen LogP contribution in [0.3, 0.4) is 0 Å². The van der Waals surface area contributed by atoms with E-state index < -0.39 is 10.0 Å². The van der Waals surface area contributed by atoms with Gasteiger partial charge in [0.2, 0.25) is 10.0 Å². The van der Waals surface area contributed by atoms with Crippen molar-refractivity contribution < 1.29 is 12.8 Å². The van der Waals surface area contributed by atoms with Gasteiger partial charge in [-0.05, 0) is 32.2 Å². The molecule has 0 amide bonds. The van der Waals surface area contributed by atoms with E-state index in [9.17, 15) is 8.42 Å². The molecular weight excluding hydrogens is 276 g/mol. The fraction of sp³-hybridized carbons (Fsp3) is 0.714. The summed E-state index contributed by atoms with van der Waals surface area (Å²) in [5.41, 5.74) is 0. The fourth-order valence-electron chi connectivity index (χ4n) is 2.70. The lowest BCUT2D eigenvalue weighted by Gasteiger charge is -2.17. The van der Waals surface area contributed by atoms with Gasteiger partial charge >= 0.3 is 0 Å². The number of hydrogen-bond donors (Lipinski definition) is 1. The maximum Gasteiger partial charge on any atom is 0.246 e. The number of aryl methyl sites for hydroxylation is 1. The van der Waals surface area contributed by atoms with Gasteiger partial charge in [-0.15, -0.1) is 0 Å². The third kappa shape index (κ3) is 2.92. The molecule has 1 aromatic heterocycles. The Labute approximate surface area is 121 Å². The summed E-state index contributed by atoms with van der Waals surface area (Å²) in [6.45, 7) is 7.76. The number of nitrogens with one attached hydrogen (secondary N) is 1. The number of sulfonamides is 1. The summed E-state index contributed by atoms with van der Waals surface area (Å²) in [6.07, 6.45) is 0.942. The molecule has 1 aliphatic rings. The molecule has 2 heterocycles. The van der Waals surface area contributed by atoms with Gasteiger partial charge in [-0.25, -0.2) is 8.42 Å². The predicted molar refractivity (Wildman–Crippen MR) is 77.9 cm³/mol. The summed E-state index contributed by atoms with van der Waals surface area (Å²) in [4.78, 5) is 0.312. The quantitative estimate of drug-likeness (QED) is 0.903.